The van der Waals surface area contributed by atoms with Gasteiger partial charge >= 0.3 is 6.03 Å². The van der Waals surface area contributed by atoms with Crippen molar-refractivity contribution >= 4 is 17.4 Å². The van der Waals surface area contributed by atoms with E-state index in [1.807, 2.05) is 24.3 Å². The first kappa shape index (κ1) is 16.6. The van der Waals surface area contributed by atoms with E-state index in [2.05, 4.69) is 36.3 Å². The van der Waals surface area contributed by atoms with Gasteiger partial charge in [-0.15, -0.1) is 0 Å². The lowest BCUT2D eigenvalue weighted by Crippen LogP contribution is -2.41. The molecule has 0 saturated carbocycles. The van der Waals surface area contributed by atoms with Gasteiger partial charge in [0.25, 0.3) is 0 Å². The van der Waals surface area contributed by atoms with Crippen molar-refractivity contribution in [3.63, 3.8) is 0 Å². The zero-order valence-electron chi connectivity index (χ0n) is 13.8. The fraction of sp³-hybridized carbons (Fsp3) is 0.588. The zero-order chi connectivity index (χ0) is 15.9. The van der Waals surface area contributed by atoms with E-state index in [9.17, 15) is 4.79 Å². The van der Waals surface area contributed by atoms with E-state index in [0.717, 1.165) is 31.8 Å². The van der Waals surface area contributed by atoms with Gasteiger partial charge in [0, 0.05) is 31.0 Å². The molecule has 5 nitrogen and oxygen atoms in total. The molecule has 2 amide bonds. The molecule has 1 aromatic rings. The van der Waals surface area contributed by atoms with E-state index in [4.69, 9.17) is 4.74 Å². The van der Waals surface area contributed by atoms with Gasteiger partial charge in [-0.05, 0) is 43.5 Å². The van der Waals surface area contributed by atoms with Gasteiger partial charge in [0.05, 0.1) is 12.7 Å². The Labute approximate surface area is 133 Å². The predicted octanol–water partition coefficient (Wildman–Crippen LogP) is 3.08. The second-order valence-electron chi connectivity index (χ2n) is 6.24. The lowest BCUT2D eigenvalue weighted by molar-refractivity contribution is 0.0532. The van der Waals surface area contributed by atoms with Crippen LogP contribution in [0.2, 0.25) is 0 Å². The molecule has 2 rings (SSSR count). The molecule has 22 heavy (non-hydrogen) atoms. The van der Waals surface area contributed by atoms with Crippen LogP contribution in [-0.2, 0) is 4.74 Å². The highest BCUT2D eigenvalue weighted by Crippen LogP contribution is 2.20. The molecule has 1 heterocycles. The minimum Gasteiger partial charge on any atom is -0.375 e. The Morgan fingerprint density at radius 2 is 2.09 bits per heavy atom. The van der Waals surface area contributed by atoms with Crippen molar-refractivity contribution in [2.75, 3.05) is 36.5 Å². The molecule has 1 aliphatic rings. The van der Waals surface area contributed by atoms with Crippen molar-refractivity contribution in [1.82, 2.24) is 5.32 Å². The van der Waals surface area contributed by atoms with Crippen molar-refractivity contribution in [2.24, 2.45) is 5.92 Å². The first-order valence-corrected chi connectivity index (χ1v) is 8.06. The number of hydrogen-bond donors (Lipinski definition) is 2. The van der Waals surface area contributed by atoms with E-state index in [0.29, 0.717) is 12.5 Å². The second-order valence-corrected chi connectivity index (χ2v) is 6.24. The number of ether oxygens (including phenoxy) is 1. The average Bonchev–Trinajstić information content (AvgIpc) is 2.47. The summed E-state index contributed by atoms with van der Waals surface area (Å²) in [4.78, 5) is 14.1. The van der Waals surface area contributed by atoms with Crippen molar-refractivity contribution in [3.8, 4) is 0 Å². The van der Waals surface area contributed by atoms with Crippen LogP contribution in [0, 0.1) is 5.92 Å². The highest BCUT2D eigenvalue weighted by molar-refractivity contribution is 5.89. The first-order valence-electron chi connectivity index (χ1n) is 8.06. The van der Waals surface area contributed by atoms with E-state index in [-0.39, 0.29) is 12.1 Å². The van der Waals surface area contributed by atoms with Gasteiger partial charge in [0.2, 0.25) is 0 Å². The van der Waals surface area contributed by atoms with Gasteiger partial charge in [-0.3, -0.25) is 0 Å². The summed E-state index contributed by atoms with van der Waals surface area (Å²) in [5.41, 5.74) is 1.98. The highest BCUT2D eigenvalue weighted by Gasteiger charge is 2.16. The van der Waals surface area contributed by atoms with Gasteiger partial charge in [-0.1, -0.05) is 13.8 Å². The Balaban J connectivity index is 1.82. The van der Waals surface area contributed by atoms with Gasteiger partial charge in [0.15, 0.2) is 0 Å². The molecule has 1 atom stereocenters. The molecule has 1 aromatic carbocycles. The maximum absolute atomic E-state index is 11.8. The summed E-state index contributed by atoms with van der Waals surface area (Å²) < 4.78 is 5.55. The van der Waals surface area contributed by atoms with E-state index in [1.54, 1.807) is 0 Å². The van der Waals surface area contributed by atoms with Gasteiger partial charge in [-0.2, -0.15) is 0 Å². The summed E-state index contributed by atoms with van der Waals surface area (Å²) in [7, 11) is 0. The first-order chi connectivity index (χ1) is 10.5. The molecule has 0 aromatic heterocycles. The number of nitrogens with one attached hydrogen (secondary N) is 2. The lowest BCUT2D eigenvalue weighted by atomic mass is 10.1. The molecule has 1 aliphatic heterocycles. The number of carbonyl (C=O) groups excluding carboxylic acids is 1. The number of anilines is 2. The Morgan fingerprint density at radius 3 is 2.73 bits per heavy atom. The third-order valence-corrected chi connectivity index (χ3v) is 3.74. The number of amides is 2. The summed E-state index contributed by atoms with van der Waals surface area (Å²) in [6.07, 6.45) is 1.25. The van der Waals surface area contributed by atoms with Crippen molar-refractivity contribution in [1.29, 1.82) is 0 Å². The van der Waals surface area contributed by atoms with Gasteiger partial charge in [-0.25, -0.2) is 4.79 Å². The minimum absolute atomic E-state index is 0.145. The molecule has 1 saturated heterocycles. The number of rotatable bonds is 5. The fourth-order valence-electron chi connectivity index (χ4n) is 2.46. The topological polar surface area (TPSA) is 53.6 Å². The molecule has 1 unspecified atom stereocenters. The summed E-state index contributed by atoms with van der Waals surface area (Å²) in [6, 6.07) is 7.83. The van der Waals surface area contributed by atoms with E-state index >= 15 is 0 Å². The van der Waals surface area contributed by atoms with Crippen LogP contribution in [0.25, 0.3) is 0 Å². The smallest absolute Gasteiger partial charge is 0.319 e. The Hall–Kier alpha value is -1.75. The Kier molecular flexibility index (Phi) is 6.07. The van der Waals surface area contributed by atoms with Crippen LogP contribution in [0.5, 0.6) is 0 Å². The molecule has 1 fully saturated rings. The van der Waals surface area contributed by atoms with Crippen LogP contribution < -0.4 is 15.5 Å². The molecule has 5 heteroatoms. The van der Waals surface area contributed by atoms with Crippen LogP contribution in [-0.4, -0.2) is 38.4 Å². The van der Waals surface area contributed by atoms with Crippen molar-refractivity contribution in [2.45, 2.75) is 33.3 Å². The average molecular weight is 305 g/mol. The van der Waals surface area contributed by atoms with Crippen molar-refractivity contribution < 1.29 is 9.53 Å². The largest absolute Gasteiger partial charge is 0.375 e. The summed E-state index contributed by atoms with van der Waals surface area (Å²) in [5.74, 6) is 0.593. The van der Waals surface area contributed by atoms with E-state index in [1.165, 1.54) is 5.69 Å². The number of morpholine rings is 1. The molecule has 0 bridgehead atoms. The van der Waals surface area contributed by atoms with E-state index < -0.39 is 0 Å². The van der Waals surface area contributed by atoms with Crippen LogP contribution in [0.15, 0.2) is 24.3 Å². The van der Waals surface area contributed by atoms with Crippen molar-refractivity contribution in [3.05, 3.63) is 24.3 Å². The third-order valence-electron chi connectivity index (χ3n) is 3.74. The standard InChI is InChI=1S/C17H27N3O2/c1-13(2)8-9-18-17(21)19-15-4-6-16(7-5-15)20-10-11-22-14(3)12-20/h4-7,13-14H,8-12H2,1-3H3,(H2,18,19,21). The van der Waals surface area contributed by atoms with Gasteiger partial charge in [0.1, 0.15) is 0 Å². The monoisotopic (exact) mass is 305 g/mol. The predicted molar refractivity (Wildman–Crippen MR) is 90.5 cm³/mol. The minimum atomic E-state index is -0.145. The number of benzene rings is 1. The normalized spacial score (nSPS) is 18.4. The van der Waals surface area contributed by atoms with Crippen LogP contribution in [0.3, 0.4) is 0 Å². The summed E-state index contributed by atoms with van der Waals surface area (Å²) in [6.45, 7) is 9.65. The number of nitrogens with zero attached hydrogens (tertiary/aromatic N) is 1. The molecule has 0 aliphatic carbocycles. The number of urea groups is 1. The Morgan fingerprint density at radius 1 is 1.36 bits per heavy atom. The maximum atomic E-state index is 11.8. The van der Waals surface area contributed by atoms with Crippen LogP contribution in [0.1, 0.15) is 27.2 Å². The quantitative estimate of drug-likeness (QED) is 0.879. The molecular formula is C17H27N3O2. The SMILES string of the molecule is CC(C)CCNC(=O)Nc1ccc(N2CCOC(C)C2)cc1. The second kappa shape index (κ2) is 8.03. The highest BCUT2D eigenvalue weighted by atomic mass is 16.5. The number of carbonyl (C=O) groups is 1. The zero-order valence-corrected chi connectivity index (χ0v) is 13.8. The maximum Gasteiger partial charge on any atom is 0.319 e. The molecule has 0 spiro atoms. The lowest BCUT2D eigenvalue weighted by Gasteiger charge is -2.33. The fourth-order valence-corrected chi connectivity index (χ4v) is 2.46. The molecule has 2 N–H and O–H groups in total. The van der Waals surface area contributed by atoms with Crippen LogP contribution >= 0.6 is 0 Å². The number of hydrogen-bond acceptors (Lipinski definition) is 3. The van der Waals surface area contributed by atoms with Crippen LogP contribution in [0.4, 0.5) is 16.2 Å². The summed E-state index contributed by atoms with van der Waals surface area (Å²) in [5, 5.41) is 5.73. The Bertz CT molecular complexity index is 473. The molecular weight excluding hydrogens is 278 g/mol. The summed E-state index contributed by atoms with van der Waals surface area (Å²) >= 11 is 0. The molecule has 0 radical (unpaired) electrons. The molecule has 122 valence electrons. The van der Waals surface area contributed by atoms with Gasteiger partial charge < -0.3 is 20.3 Å². The third kappa shape index (κ3) is 5.22.